The summed E-state index contributed by atoms with van der Waals surface area (Å²) in [6.45, 7) is -0.557. The largest absolute Gasteiger partial charge is 0.451 e. The van der Waals surface area contributed by atoms with E-state index in [1.54, 1.807) is 0 Å². The van der Waals surface area contributed by atoms with Gasteiger partial charge in [-0.15, -0.1) is 22.7 Å². The molecule has 0 radical (unpaired) electrons. The van der Waals surface area contributed by atoms with Gasteiger partial charge in [0, 0.05) is 15.0 Å². The van der Waals surface area contributed by atoms with Gasteiger partial charge in [0.15, 0.2) is 6.61 Å². The Morgan fingerprint density at radius 3 is 2.79 bits per heavy atom. The van der Waals surface area contributed by atoms with Crippen molar-refractivity contribution >= 4 is 67.1 Å². The van der Waals surface area contributed by atoms with E-state index in [0.29, 0.717) is 20.7 Å². The van der Waals surface area contributed by atoms with Gasteiger partial charge in [0.05, 0.1) is 10.6 Å². The lowest BCUT2D eigenvalue weighted by atomic mass is 10.1. The van der Waals surface area contributed by atoms with Gasteiger partial charge in [-0.3, -0.25) is 9.59 Å². The fourth-order valence-corrected chi connectivity index (χ4v) is 6.02. The quantitative estimate of drug-likeness (QED) is 0.568. The Hall–Kier alpha value is -2.49. The number of nitrogens with two attached hydrogens (primary N) is 1. The van der Waals surface area contributed by atoms with Gasteiger partial charge >= 0.3 is 5.97 Å². The molecule has 2 aromatic heterocycles. The fraction of sp³-hybridized carbons (Fsp3) is 0.211. The number of carbonyl (C=O) groups excluding carboxylic acids is 3. The van der Waals surface area contributed by atoms with Crippen molar-refractivity contribution in [1.82, 2.24) is 0 Å². The number of halogens is 2. The van der Waals surface area contributed by atoms with E-state index in [2.05, 4.69) is 5.32 Å². The van der Waals surface area contributed by atoms with Crippen LogP contribution in [-0.4, -0.2) is 24.4 Å². The summed E-state index contributed by atoms with van der Waals surface area (Å²) in [5.74, 6) is -2.41. The van der Waals surface area contributed by atoms with Crippen LogP contribution in [0.2, 0.25) is 5.02 Å². The van der Waals surface area contributed by atoms with E-state index in [-0.39, 0.29) is 9.90 Å². The normalized spacial score (nSPS) is 12.8. The van der Waals surface area contributed by atoms with Crippen molar-refractivity contribution in [3.05, 3.63) is 49.9 Å². The first-order chi connectivity index (χ1) is 13.8. The number of nitrogens with one attached hydrogen (secondary N) is 1. The van der Waals surface area contributed by atoms with E-state index in [4.69, 9.17) is 22.1 Å². The van der Waals surface area contributed by atoms with Crippen LogP contribution in [0, 0.1) is 5.82 Å². The number of ether oxygens (including phenoxy) is 1. The summed E-state index contributed by atoms with van der Waals surface area (Å²) in [5, 5.41) is 3.66. The van der Waals surface area contributed by atoms with Crippen molar-refractivity contribution in [1.29, 1.82) is 0 Å². The summed E-state index contributed by atoms with van der Waals surface area (Å²) in [6.07, 6.45) is 2.54. The minimum absolute atomic E-state index is 0.0907. The Labute approximate surface area is 177 Å². The van der Waals surface area contributed by atoms with Crippen LogP contribution in [-0.2, 0) is 22.4 Å². The Balaban J connectivity index is 1.45. The summed E-state index contributed by atoms with van der Waals surface area (Å²) in [5.41, 5.74) is 6.68. The first-order valence-corrected chi connectivity index (χ1v) is 10.6. The van der Waals surface area contributed by atoms with Crippen molar-refractivity contribution < 1.29 is 23.5 Å². The van der Waals surface area contributed by atoms with Crippen molar-refractivity contribution in [2.75, 3.05) is 11.9 Å². The number of esters is 1. The molecule has 0 bridgehead atoms. The van der Waals surface area contributed by atoms with E-state index >= 15 is 0 Å². The van der Waals surface area contributed by atoms with E-state index < -0.39 is 30.2 Å². The molecule has 3 N–H and O–H groups in total. The van der Waals surface area contributed by atoms with Gasteiger partial charge in [-0.25, -0.2) is 9.18 Å². The van der Waals surface area contributed by atoms with Crippen molar-refractivity contribution in [2.45, 2.75) is 19.3 Å². The maximum absolute atomic E-state index is 13.4. The summed E-state index contributed by atoms with van der Waals surface area (Å²) in [4.78, 5) is 37.5. The standard InChI is InChI=1S/C19H14ClFN2O4S2/c20-15-10-5-4-8(21)6-12(10)28-16(15)19(26)27-7-13(24)23-18-14(17(22)25)9-2-1-3-11(9)29-18/h4-6H,1-3,7H2,(H2,22,25)(H,23,24). The van der Waals surface area contributed by atoms with Gasteiger partial charge in [-0.1, -0.05) is 11.6 Å². The predicted octanol–water partition coefficient (Wildman–Crippen LogP) is 4.14. The summed E-state index contributed by atoms with van der Waals surface area (Å²) < 4.78 is 18.9. The number of fused-ring (bicyclic) bond motifs is 2. The molecule has 0 atom stereocenters. The minimum atomic E-state index is -0.782. The molecule has 4 rings (SSSR count). The molecule has 1 aromatic carbocycles. The number of benzene rings is 1. The number of rotatable bonds is 5. The highest BCUT2D eigenvalue weighted by Gasteiger charge is 2.26. The highest BCUT2D eigenvalue weighted by atomic mass is 35.5. The lowest BCUT2D eigenvalue weighted by Crippen LogP contribution is -2.22. The summed E-state index contributed by atoms with van der Waals surface area (Å²) in [7, 11) is 0. The minimum Gasteiger partial charge on any atom is -0.451 e. The van der Waals surface area contributed by atoms with Gasteiger partial charge in [0.1, 0.15) is 15.7 Å². The van der Waals surface area contributed by atoms with E-state index in [9.17, 15) is 18.8 Å². The topological polar surface area (TPSA) is 98.5 Å². The fourth-order valence-electron chi connectivity index (χ4n) is 3.28. The smallest absolute Gasteiger partial charge is 0.350 e. The van der Waals surface area contributed by atoms with Crippen LogP contribution in [0.4, 0.5) is 9.39 Å². The van der Waals surface area contributed by atoms with Gasteiger partial charge in [0.25, 0.3) is 11.8 Å². The van der Waals surface area contributed by atoms with Gasteiger partial charge in [-0.2, -0.15) is 0 Å². The molecule has 0 unspecified atom stereocenters. The average molecular weight is 453 g/mol. The molecular formula is C19H14ClFN2O4S2. The van der Waals surface area contributed by atoms with Crippen molar-refractivity contribution in [3.63, 3.8) is 0 Å². The molecule has 0 aliphatic heterocycles. The monoisotopic (exact) mass is 452 g/mol. The second-order valence-corrected chi connectivity index (χ2v) is 8.97. The zero-order valence-electron chi connectivity index (χ0n) is 14.8. The number of hydrogen-bond acceptors (Lipinski definition) is 6. The van der Waals surface area contributed by atoms with Gasteiger partial charge in [0.2, 0.25) is 0 Å². The average Bonchev–Trinajstić information content (AvgIpc) is 3.32. The van der Waals surface area contributed by atoms with Crippen LogP contribution in [0.25, 0.3) is 10.1 Å². The molecule has 0 spiro atoms. The van der Waals surface area contributed by atoms with Crippen molar-refractivity contribution in [2.24, 2.45) is 5.73 Å². The number of amides is 2. The molecular weight excluding hydrogens is 439 g/mol. The third kappa shape index (κ3) is 3.73. The number of thiophene rings is 2. The maximum Gasteiger partial charge on any atom is 0.350 e. The maximum atomic E-state index is 13.4. The third-order valence-electron chi connectivity index (χ3n) is 4.53. The van der Waals surface area contributed by atoms with E-state index in [1.165, 1.54) is 29.5 Å². The molecule has 150 valence electrons. The second kappa shape index (κ2) is 7.74. The molecule has 0 fully saturated rings. The number of hydrogen-bond donors (Lipinski definition) is 2. The van der Waals surface area contributed by atoms with E-state index in [1.807, 2.05) is 0 Å². The van der Waals surface area contributed by atoms with Crippen LogP contribution >= 0.6 is 34.3 Å². The Bertz CT molecular complexity index is 1170. The second-order valence-electron chi connectivity index (χ2n) is 6.44. The van der Waals surface area contributed by atoms with Crippen LogP contribution in [0.5, 0.6) is 0 Å². The molecule has 10 heteroatoms. The van der Waals surface area contributed by atoms with E-state index in [0.717, 1.165) is 41.0 Å². The zero-order chi connectivity index (χ0) is 20.7. The van der Waals surface area contributed by atoms with Crippen molar-refractivity contribution in [3.8, 4) is 0 Å². The van der Waals surface area contributed by atoms with Gasteiger partial charge < -0.3 is 15.8 Å². The molecule has 3 aromatic rings. The molecule has 1 aliphatic rings. The van der Waals surface area contributed by atoms with Crippen LogP contribution < -0.4 is 11.1 Å². The number of primary amides is 1. The van der Waals surface area contributed by atoms with Crippen LogP contribution in [0.15, 0.2) is 18.2 Å². The lowest BCUT2D eigenvalue weighted by Gasteiger charge is -2.07. The number of aryl methyl sites for hydroxylation is 1. The number of carbonyl (C=O) groups is 3. The first-order valence-electron chi connectivity index (χ1n) is 8.64. The molecule has 6 nitrogen and oxygen atoms in total. The Morgan fingerprint density at radius 2 is 2.03 bits per heavy atom. The van der Waals surface area contributed by atoms with Crippen LogP contribution in [0.3, 0.4) is 0 Å². The highest BCUT2D eigenvalue weighted by Crippen LogP contribution is 2.39. The Morgan fingerprint density at radius 1 is 1.24 bits per heavy atom. The predicted molar refractivity (Wildman–Crippen MR) is 111 cm³/mol. The highest BCUT2D eigenvalue weighted by molar-refractivity contribution is 7.21. The molecule has 0 saturated carbocycles. The number of anilines is 1. The SMILES string of the molecule is NC(=O)c1c(NC(=O)COC(=O)c2sc3cc(F)ccc3c2Cl)sc2c1CCC2. The molecule has 2 heterocycles. The molecule has 29 heavy (non-hydrogen) atoms. The lowest BCUT2D eigenvalue weighted by molar-refractivity contribution is -0.119. The van der Waals surface area contributed by atoms with Crippen LogP contribution in [0.1, 0.15) is 36.9 Å². The first kappa shape index (κ1) is 19.8. The third-order valence-corrected chi connectivity index (χ3v) is 7.38. The Kier molecular flexibility index (Phi) is 5.28. The molecule has 0 saturated heterocycles. The molecule has 2 amide bonds. The summed E-state index contributed by atoms with van der Waals surface area (Å²) in [6, 6.07) is 4.00. The zero-order valence-corrected chi connectivity index (χ0v) is 17.2. The molecule has 1 aliphatic carbocycles. The summed E-state index contributed by atoms with van der Waals surface area (Å²) >= 11 is 8.49. The van der Waals surface area contributed by atoms with Gasteiger partial charge in [-0.05, 0) is 43.0 Å².